The summed E-state index contributed by atoms with van der Waals surface area (Å²) in [7, 11) is 0. The van der Waals surface area contributed by atoms with Crippen LogP contribution in [0.2, 0.25) is 0 Å². The molecule has 0 radical (unpaired) electrons. The second-order valence-electron chi connectivity index (χ2n) is 4.77. The van der Waals surface area contributed by atoms with Crippen LogP contribution in [0.5, 0.6) is 0 Å². The van der Waals surface area contributed by atoms with Gasteiger partial charge in [0.15, 0.2) is 0 Å². The molecule has 3 rings (SSSR count). The first-order valence-electron chi connectivity index (χ1n) is 6.14. The van der Waals surface area contributed by atoms with Gasteiger partial charge in [-0.15, -0.1) is 0 Å². The van der Waals surface area contributed by atoms with Crippen LogP contribution in [0.25, 0.3) is 0 Å². The molecule has 2 aliphatic rings. The summed E-state index contributed by atoms with van der Waals surface area (Å²) in [6, 6.07) is 3.76. The average Bonchev–Trinajstić information content (AvgIpc) is 2.87. The molecule has 4 nitrogen and oxygen atoms in total. The number of rotatable bonds is 1. The molecule has 2 saturated heterocycles. The highest BCUT2D eigenvalue weighted by atomic mass is 79.9. The number of anilines is 1. The van der Waals surface area contributed by atoms with Crippen molar-refractivity contribution in [3.05, 3.63) is 28.5 Å². The lowest BCUT2D eigenvalue weighted by Gasteiger charge is -2.36. The van der Waals surface area contributed by atoms with E-state index in [2.05, 4.69) is 15.9 Å². The fraction of sp³-hybridized carbons (Fsp3) is 0.385. The van der Waals surface area contributed by atoms with E-state index in [0.29, 0.717) is 23.1 Å². The van der Waals surface area contributed by atoms with E-state index in [0.717, 1.165) is 6.42 Å². The molecule has 2 aliphatic heterocycles. The Morgan fingerprint density at radius 1 is 1.32 bits per heavy atom. The van der Waals surface area contributed by atoms with E-state index in [1.807, 2.05) is 0 Å². The molecule has 1 aromatic rings. The van der Waals surface area contributed by atoms with E-state index in [9.17, 15) is 14.0 Å². The molecule has 2 heterocycles. The fourth-order valence-electron chi connectivity index (χ4n) is 2.70. The second kappa shape index (κ2) is 4.59. The zero-order chi connectivity index (χ0) is 13.6. The van der Waals surface area contributed by atoms with Crippen LogP contribution in [0.4, 0.5) is 10.1 Å². The Kier molecular flexibility index (Phi) is 3.05. The third-order valence-electron chi connectivity index (χ3n) is 3.62. The van der Waals surface area contributed by atoms with E-state index >= 15 is 0 Å². The van der Waals surface area contributed by atoms with Crippen molar-refractivity contribution in [2.45, 2.75) is 18.9 Å². The number of carbonyl (C=O) groups excluding carboxylic acids is 2. The number of piperazine rings is 1. The monoisotopic (exact) mass is 326 g/mol. The maximum Gasteiger partial charge on any atom is 0.250 e. The van der Waals surface area contributed by atoms with Crippen LogP contribution >= 0.6 is 15.9 Å². The maximum atomic E-state index is 13.3. The van der Waals surface area contributed by atoms with Crippen molar-refractivity contribution in [3.63, 3.8) is 0 Å². The Morgan fingerprint density at radius 2 is 2.11 bits per heavy atom. The lowest BCUT2D eigenvalue weighted by Crippen LogP contribution is -2.57. The summed E-state index contributed by atoms with van der Waals surface area (Å²) in [6.45, 7) is 0.630. The Bertz CT molecular complexity index is 564. The summed E-state index contributed by atoms with van der Waals surface area (Å²) in [5, 5.41) is 0. The summed E-state index contributed by atoms with van der Waals surface area (Å²) in [5.41, 5.74) is 0.421. The van der Waals surface area contributed by atoms with Gasteiger partial charge in [0.25, 0.3) is 0 Å². The number of halogens is 2. The molecular formula is C13H12BrFN2O2. The van der Waals surface area contributed by atoms with Crippen LogP contribution in [0, 0.1) is 5.82 Å². The highest BCUT2D eigenvalue weighted by Gasteiger charge is 2.42. The number of amides is 2. The lowest BCUT2D eigenvalue weighted by atomic mass is 10.1. The predicted octanol–water partition coefficient (Wildman–Crippen LogP) is 1.93. The smallest absolute Gasteiger partial charge is 0.250 e. The Balaban J connectivity index is 1.98. The second-order valence-corrected chi connectivity index (χ2v) is 5.62. The number of hydrogen-bond donors (Lipinski definition) is 0. The molecule has 0 aliphatic carbocycles. The molecule has 0 saturated carbocycles. The highest BCUT2D eigenvalue weighted by Crippen LogP contribution is 2.32. The van der Waals surface area contributed by atoms with Crippen LogP contribution in [0.15, 0.2) is 22.7 Å². The molecule has 1 unspecified atom stereocenters. The first-order valence-corrected chi connectivity index (χ1v) is 6.93. The van der Waals surface area contributed by atoms with Crippen LogP contribution < -0.4 is 4.90 Å². The minimum atomic E-state index is -0.424. The number of hydrogen-bond acceptors (Lipinski definition) is 2. The van der Waals surface area contributed by atoms with Crippen molar-refractivity contribution in [3.8, 4) is 0 Å². The van der Waals surface area contributed by atoms with Gasteiger partial charge in [0.05, 0.1) is 5.69 Å². The van der Waals surface area contributed by atoms with E-state index in [1.54, 1.807) is 11.0 Å². The molecule has 1 atom stereocenters. The first-order chi connectivity index (χ1) is 9.08. The SMILES string of the molecule is O=C1C2CCCN2C(=O)CN1c1cc(F)ccc1Br. The molecule has 2 amide bonds. The van der Waals surface area contributed by atoms with Crippen LogP contribution in [0.1, 0.15) is 12.8 Å². The molecule has 0 N–H and O–H groups in total. The van der Waals surface area contributed by atoms with Crippen molar-refractivity contribution >= 4 is 33.4 Å². The van der Waals surface area contributed by atoms with Crippen molar-refractivity contribution in [2.24, 2.45) is 0 Å². The molecule has 6 heteroatoms. The first kappa shape index (κ1) is 12.6. The van der Waals surface area contributed by atoms with Crippen molar-refractivity contribution < 1.29 is 14.0 Å². The van der Waals surface area contributed by atoms with Gasteiger partial charge in [-0.05, 0) is 47.0 Å². The van der Waals surface area contributed by atoms with E-state index < -0.39 is 5.82 Å². The standard InChI is InChI=1S/C13H12BrFN2O2/c14-9-4-3-8(15)6-11(9)17-7-12(18)16-5-1-2-10(16)13(17)19/h3-4,6,10H,1-2,5,7H2. The Hall–Kier alpha value is -1.43. The van der Waals surface area contributed by atoms with Gasteiger partial charge in [0.1, 0.15) is 18.4 Å². The summed E-state index contributed by atoms with van der Waals surface area (Å²) >= 11 is 3.30. The van der Waals surface area contributed by atoms with Gasteiger partial charge in [-0.25, -0.2) is 4.39 Å². The normalized spacial score (nSPS) is 22.9. The van der Waals surface area contributed by atoms with Crippen LogP contribution in [-0.4, -0.2) is 35.8 Å². The third-order valence-corrected chi connectivity index (χ3v) is 4.29. The van der Waals surface area contributed by atoms with Crippen LogP contribution in [0.3, 0.4) is 0 Å². The molecular weight excluding hydrogens is 315 g/mol. The zero-order valence-electron chi connectivity index (χ0n) is 10.1. The average molecular weight is 327 g/mol. The topological polar surface area (TPSA) is 40.6 Å². The highest BCUT2D eigenvalue weighted by molar-refractivity contribution is 9.10. The number of carbonyl (C=O) groups is 2. The maximum absolute atomic E-state index is 13.3. The number of nitrogens with zero attached hydrogens (tertiary/aromatic N) is 2. The van der Waals surface area contributed by atoms with E-state index in [4.69, 9.17) is 0 Å². The van der Waals surface area contributed by atoms with Gasteiger partial charge >= 0.3 is 0 Å². The number of benzene rings is 1. The van der Waals surface area contributed by atoms with Gasteiger partial charge in [-0.2, -0.15) is 0 Å². The summed E-state index contributed by atoms with van der Waals surface area (Å²) in [4.78, 5) is 27.4. The summed E-state index contributed by atoms with van der Waals surface area (Å²) < 4.78 is 14.0. The molecule has 0 bridgehead atoms. The minimum Gasteiger partial charge on any atom is -0.329 e. The quantitative estimate of drug-likeness (QED) is 0.791. The molecule has 19 heavy (non-hydrogen) atoms. The van der Waals surface area contributed by atoms with Gasteiger partial charge in [0, 0.05) is 11.0 Å². The van der Waals surface area contributed by atoms with Crippen LogP contribution in [-0.2, 0) is 9.59 Å². The Labute approximate surface area is 118 Å². The Morgan fingerprint density at radius 3 is 2.89 bits per heavy atom. The van der Waals surface area contributed by atoms with Gasteiger partial charge in [-0.1, -0.05) is 0 Å². The fourth-order valence-corrected chi connectivity index (χ4v) is 3.16. The van der Waals surface area contributed by atoms with Gasteiger partial charge < -0.3 is 4.90 Å². The third kappa shape index (κ3) is 2.04. The molecule has 0 spiro atoms. The van der Waals surface area contributed by atoms with E-state index in [1.165, 1.54) is 17.0 Å². The minimum absolute atomic E-state index is 0.0165. The van der Waals surface area contributed by atoms with Crippen molar-refractivity contribution in [1.29, 1.82) is 0 Å². The lowest BCUT2D eigenvalue weighted by molar-refractivity contribution is -0.140. The van der Waals surface area contributed by atoms with Gasteiger partial charge in [-0.3, -0.25) is 14.5 Å². The van der Waals surface area contributed by atoms with Crippen molar-refractivity contribution in [1.82, 2.24) is 4.90 Å². The molecule has 100 valence electrons. The summed E-state index contributed by atoms with van der Waals surface area (Å²) in [6.07, 6.45) is 1.54. The molecule has 2 fully saturated rings. The predicted molar refractivity (Wildman–Crippen MR) is 71.2 cm³/mol. The molecule has 1 aromatic carbocycles. The largest absolute Gasteiger partial charge is 0.329 e. The van der Waals surface area contributed by atoms with Gasteiger partial charge in [0.2, 0.25) is 11.8 Å². The zero-order valence-corrected chi connectivity index (χ0v) is 11.7. The van der Waals surface area contributed by atoms with E-state index in [-0.39, 0.29) is 24.4 Å². The molecule has 0 aromatic heterocycles. The summed E-state index contributed by atoms with van der Waals surface area (Å²) in [5.74, 6) is -0.617. The number of fused-ring (bicyclic) bond motifs is 1. The van der Waals surface area contributed by atoms with Crippen molar-refractivity contribution in [2.75, 3.05) is 18.0 Å².